The highest BCUT2D eigenvalue weighted by Crippen LogP contribution is 2.41. The van der Waals surface area contributed by atoms with Gasteiger partial charge in [-0.1, -0.05) is 4.36 Å². The lowest BCUT2D eigenvalue weighted by Crippen LogP contribution is -2.12. The second-order valence-electron chi connectivity index (χ2n) is 5.08. The van der Waals surface area contributed by atoms with Crippen LogP contribution in [0, 0.1) is 11.3 Å². The third kappa shape index (κ3) is 1.95. The number of carbonyl (C=O) groups is 1. The Balaban J connectivity index is 2.18. The van der Waals surface area contributed by atoms with Gasteiger partial charge in [-0.05, 0) is 60.8 Å². The van der Waals surface area contributed by atoms with Crippen molar-refractivity contribution < 1.29 is 9.00 Å². The Morgan fingerprint density at radius 3 is 2.15 bits per heavy atom. The van der Waals surface area contributed by atoms with Crippen LogP contribution < -0.4 is 5.32 Å². The number of fused-ring (bicyclic) bond motifs is 2. The van der Waals surface area contributed by atoms with Gasteiger partial charge < -0.3 is 5.32 Å². The van der Waals surface area contributed by atoms with E-state index in [2.05, 4.69) is 15.7 Å². The molecule has 0 heterocycles. The lowest BCUT2D eigenvalue weighted by Gasteiger charge is -2.16. The smallest absolute Gasteiger partial charge is 0.305 e. The summed E-state index contributed by atoms with van der Waals surface area (Å²) in [5.41, 5.74) is 5.93. The Labute approximate surface area is 120 Å². The molecule has 6 heteroatoms. The van der Waals surface area contributed by atoms with Crippen LogP contribution in [0.3, 0.4) is 0 Å². The highest BCUT2D eigenvalue weighted by molar-refractivity contribution is 7.55. The maximum atomic E-state index is 11.6. The van der Waals surface area contributed by atoms with Gasteiger partial charge in [0.15, 0.2) is 0 Å². The maximum Gasteiger partial charge on any atom is 0.358 e. The van der Waals surface area contributed by atoms with E-state index in [1.807, 2.05) is 0 Å². The molecule has 0 saturated carbocycles. The molecular weight excluding hydrogens is 274 g/mol. The van der Waals surface area contributed by atoms with E-state index in [4.69, 9.17) is 0 Å². The molecule has 5 nitrogen and oxygen atoms in total. The molecule has 0 aliphatic heterocycles. The fraction of sp³-hybridized carbons (Fsp3) is 0.429. The molecule has 20 heavy (non-hydrogen) atoms. The van der Waals surface area contributed by atoms with Crippen molar-refractivity contribution in [2.24, 2.45) is 4.36 Å². The number of nitrogens with one attached hydrogen (secondary N) is 1. The quantitative estimate of drug-likeness (QED) is 0.861. The SMILES string of the molecule is N#Cc1c2c(c(NC(=O)N=S=O)c3c1CCC3)CCC2. The van der Waals surface area contributed by atoms with Crippen molar-refractivity contribution in [1.29, 1.82) is 5.26 Å². The maximum absolute atomic E-state index is 11.6. The van der Waals surface area contributed by atoms with Crippen molar-refractivity contribution in [3.8, 4) is 6.07 Å². The highest BCUT2D eigenvalue weighted by atomic mass is 32.1. The second-order valence-corrected chi connectivity index (χ2v) is 5.41. The molecule has 0 radical (unpaired) electrons. The molecule has 0 bridgehead atoms. The Bertz CT molecular complexity index is 664. The van der Waals surface area contributed by atoms with Gasteiger partial charge in [-0.25, -0.2) is 4.79 Å². The number of rotatable bonds is 1. The second kappa shape index (κ2) is 5.17. The van der Waals surface area contributed by atoms with Gasteiger partial charge in [0.1, 0.15) is 0 Å². The molecule has 3 rings (SSSR count). The van der Waals surface area contributed by atoms with Crippen molar-refractivity contribution in [2.45, 2.75) is 38.5 Å². The third-order valence-corrected chi connectivity index (χ3v) is 4.35. The Hall–Kier alpha value is -2.00. The molecule has 1 aromatic rings. The summed E-state index contributed by atoms with van der Waals surface area (Å²) in [5.74, 6) is 0. The van der Waals surface area contributed by atoms with E-state index < -0.39 is 6.03 Å². The summed E-state index contributed by atoms with van der Waals surface area (Å²) in [5, 5.41) is 12.2. The minimum atomic E-state index is -0.613. The van der Waals surface area contributed by atoms with Gasteiger partial charge in [0.05, 0.1) is 11.6 Å². The molecule has 1 N–H and O–H groups in total. The Morgan fingerprint density at radius 1 is 1.10 bits per heavy atom. The molecule has 2 amide bonds. The number of anilines is 1. The summed E-state index contributed by atoms with van der Waals surface area (Å²) in [6, 6.07) is 1.73. The number of carbonyl (C=O) groups excluding carboxylic acids is 1. The van der Waals surface area contributed by atoms with Crippen LogP contribution >= 0.6 is 0 Å². The third-order valence-electron chi connectivity index (χ3n) is 4.11. The summed E-state index contributed by atoms with van der Waals surface area (Å²) in [4.78, 5) is 11.6. The van der Waals surface area contributed by atoms with Crippen LogP contribution in [-0.2, 0) is 37.1 Å². The highest BCUT2D eigenvalue weighted by Gasteiger charge is 2.29. The molecule has 0 spiro atoms. The summed E-state index contributed by atoms with van der Waals surface area (Å²) < 4.78 is 13.6. The van der Waals surface area contributed by atoms with Crippen molar-refractivity contribution in [1.82, 2.24) is 0 Å². The van der Waals surface area contributed by atoms with Crippen LogP contribution in [-0.4, -0.2) is 10.2 Å². The first kappa shape index (κ1) is 13.0. The fourth-order valence-electron chi connectivity index (χ4n) is 3.40. The topological polar surface area (TPSA) is 82.3 Å². The monoisotopic (exact) mass is 287 g/mol. The zero-order chi connectivity index (χ0) is 14.1. The van der Waals surface area contributed by atoms with E-state index in [0.29, 0.717) is 0 Å². The summed E-state index contributed by atoms with van der Waals surface area (Å²) in [6.07, 6.45) is 5.53. The Morgan fingerprint density at radius 2 is 1.65 bits per heavy atom. The van der Waals surface area contributed by atoms with Crippen LogP contribution in [0.1, 0.15) is 40.7 Å². The first-order chi connectivity index (χ1) is 9.76. The van der Waals surface area contributed by atoms with Gasteiger partial charge in [-0.3, -0.25) is 0 Å². The van der Waals surface area contributed by atoms with E-state index >= 15 is 0 Å². The number of hydrogen-bond acceptors (Lipinski definition) is 3. The zero-order valence-electron chi connectivity index (χ0n) is 10.9. The predicted octanol–water partition coefficient (Wildman–Crippen LogP) is 2.46. The van der Waals surface area contributed by atoms with Gasteiger partial charge in [-0.15, -0.1) is 0 Å². The van der Waals surface area contributed by atoms with E-state index in [0.717, 1.165) is 72.0 Å². The molecule has 1 aromatic carbocycles. The van der Waals surface area contributed by atoms with Gasteiger partial charge in [-0.2, -0.15) is 9.47 Å². The van der Waals surface area contributed by atoms with E-state index in [-0.39, 0.29) is 11.5 Å². The van der Waals surface area contributed by atoms with E-state index in [9.17, 15) is 14.3 Å². The molecular formula is C14H13N3O2S. The number of benzene rings is 1. The number of hydrogen-bond donors (Lipinski definition) is 1. The standard InChI is InChI=1S/C14H13N3O2S/c15-7-12-8-3-1-5-10(8)13(16-14(18)17-20-19)11-6-2-4-9(11)12/h1-6H2,(H,16,18). The van der Waals surface area contributed by atoms with E-state index in [1.165, 1.54) is 0 Å². The molecule has 2 aliphatic rings. The molecule has 2 aliphatic carbocycles. The number of nitriles is 1. The molecule has 0 unspecified atom stereocenters. The lowest BCUT2D eigenvalue weighted by atomic mass is 9.93. The molecule has 0 fully saturated rings. The normalized spacial score (nSPS) is 15.2. The fourth-order valence-corrected chi connectivity index (χ4v) is 3.52. The minimum absolute atomic E-state index is 0.0862. The zero-order valence-corrected chi connectivity index (χ0v) is 11.7. The molecule has 102 valence electrons. The average molecular weight is 287 g/mol. The van der Waals surface area contributed by atoms with Crippen LogP contribution in [0.15, 0.2) is 4.36 Å². The largest absolute Gasteiger partial charge is 0.358 e. The summed E-state index contributed by atoms with van der Waals surface area (Å²) in [6.45, 7) is 0. The predicted molar refractivity (Wildman–Crippen MR) is 74.8 cm³/mol. The molecule has 0 atom stereocenters. The van der Waals surface area contributed by atoms with Crippen LogP contribution in [0.25, 0.3) is 0 Å². The summed E-state index contributed by atoms with van der Waals surface area (Å²) >= 11 is -0.0862. The summed E-state index contributed by atoms with van der Waals surface area (Å²) in [7, 11) is 0. The first-order valence-electron chi connectivity index (χ1n) is 6.66. The van der Waals surface area contributed by atoms with Gasteiger partial charge in [0, 0.05) is 5.69 Å². The average Bonchev–Trinajstić information content (AvgIpc) is 3.07. The lowest BCUT2D eigenvalue weighted by molar-refractivity contribution is 0.260. The number of urea groups is 1. The first-order valence-corrected chi connectivity index (χ1v) is 7.36. The van der Waals surface area contributed by atoms with Gasteiger partial charge in [0.25, 0.3) is 0 Å². The van der Waals surface area contributed by atoms with Crippen molar-refractivity contribution >= 4 is 23.2 Å². The van der Waals surface area contributed by atoms with Crippen LogP contribution in [0.2, 0.25) is 0 Å². The number of nitrogens with zero attached hydrogens (tertiary/aromatic N) is 2. The number of amides is 2. The van der Waals surface area contributed by atoms with Gasteiger partial charge >= 0.3 is 6.03 Å². The van der Waals surface area contributed by atoms with Crippen molar-refractivity contribution in [3.05, 3.63) is 27.8 Å². The van der Waals surface area contributed by atoms with Crippen LogP contribution in [0.4, 0.5) is 10.5 Å². The van der Waals surface area contributed by atoms with Crippen molar-refractivity contribution in [3.63, 3.8) is 0 Å². The minimum Gasteiger partial charge on any atom is -0.305 e. The van der Waals surface area contributed by atoms with Gasteiger partial charge in [0.2, 0.25) is 11.5 Å². The molecule has 0 saturated heterocycles. The molecule has 0 aromatic heterocycles. The van der Waals surface area contributed by atoms with E-state index in [1.54, 1.807) is 0 Å². The van der Waals surface area contributed by atoms with Crippen molar-refractivity contribution in [2.75, 3.05) is 5.32 Å². The Kier molecular flexibility index (Phi) is 3.36. The van der Waals surface area contributed by atoms with Crippen LogP contribution in [0.5, 0.6) is 0 Å².